The Morgan fingerprint density at radius 3 is 2.21 bits per heavy atom. The number of hydrogen-bond acceptors (Lipinski definition) is 7. The molecule has 2 aromatic carbocycles. The Morgan fingerprint density at radius 1 is 1.03 bits per heavy atom. The fraction of sp³-hybridized carbons (Fsp3) is 0.333. The number of aliphatic hydroxyl groups excluding tert-OH is 1. The number of nitrogens with zero attached hydrogens (tertiary/aromatic N) is 1. The summed E-state index contributed by atoms with van der Waals surface area (Å²) < 4.78 is 16.7. The van der Waals surface area contributed by atoms with Crippen LogP contribution in [0.1, 0.15) is 55.3 Å². The van der Waals surface area contributed by atoms with Crippen LogP contribution < -0.4 is 19.1 Å². The van der Waals surface area contributed by atoms with Crippen LogP contribution in [0.15, 0.2) is 53.4 Å². The Morgan fingerprint density at radius 2 is 1.68 bits per heavy atom. The number of anilines is 1. The molecular weight excluding hydrogens is 502 g/mol. The molecule has 8 heteroatoms. The number of thiophene rings is 1. The number of aliphatic hydroxyl groups is 1. The van der Waals surface area contributed by atoms with E-state index in [1.165, 1.54) is 30.5 Å². The van der Waals surface area contributed by atoms with Crippen molar-refractivity contribution >= 4 is 34.5 Å². The maximum absolute atomic E-state index is 13.6. The first-order valence-electron chi connectivity index (χ1n) is 12.4. The van der Waals surface area contributed by atoms with Gasteiger partial charge in [0, 0.05) is 34.2 Å². The summed E-state index contributed by atoms with van der Waals surface area (Å²) in [5.41, 5.74) is 2.43. The van der Waals surface area contributed by atoms with E-state index in [0.717, 1.165) is 16.0 Å². The van der Waals surface area contributed by atoms with Gasteiger partial charge in [-0.05, 0) is 54.5 Å². The van der Waals surface area contributed by atoms with Crippen LogP contribution in [0.5, 0.6) is 17.2 Å². The highest BCUT2D eigenvalue weighted by Crippen LogP contribution is 2.46. The summed E-state index contributed by atoms with van der Waals surface area (Å²) in [7, 11) is 3.04. The van der Waals surface area contributed by atoms with Gasteiger partial charge in [-0.25, -0.2) is 0 Å². The quantitative estimate of drug-likeness (QED) is 0.214. The summed E-state index contributed by atoms with van der Waals surface area (Å²) in [5.74, 6) is -0.0541. The number of Topliss-reactive ketones (excluding diaryl/α,β-unsaturated/α-hetero) is 1. The molecule has 1 amide bonds. The van der Waals surface area contributed by atoms with Gasteiger partial charge in [0.15, 0.2) is 0 Å². The lowest BCUT2D eigenvalue weighted by Crippen LogP contribution is -2.29. The average molecular weight is 536 g/mol. The number of ketones is 1. The standard InChI is InChI=1S/C30H33NO6S/c1-8-37-23-10-9-18(13-22(23)30(3,4)5)26(32)24-25(28-17(2)11-12-38-28)31(29(34)27(24)33)19-14-20(35-6)16-21(15-19)36-7/h9-16,25,32H,8H2,1-7H3/b26-24-. The zero-order chi connectivity index (χ0) is 27.8. The van der Waals surface area contributed by atoms with Crippen molar-refractivity contribution in [2.24, 2.45) is 0 Å². The molecule has 1 fully saturated rings. The highest BCUT2D eigenvalue weighted by atomic mass is 32.1. The Balaban J connectivity index is 1.96. The zero-order valence-corrected chi connectivity index (χ0v) is 23.6. The largest absolute Gasteiger partial charge is 0.507 e. The van der Waals surface area contributed by atoms with Crippen molar-refractivity contribution < 1.29 is 28.9 Å². The van der Waals surface area contributed by atoms with Gasteiger partial charge in [-0.2, -0.15) is 0 Å². The molecule has 38 heavy (non-hydrogen) atoms. The van der Waals surface area contributed by atoms with Crippen LogP contribution in [0.25, 0.3) is 5.76 Å². The molecule has 1 unspecified atom stereocenters. The number of hydrogen-bond donors (Lipinski definition) is 1. The molecule has 0 aliphatic carbocycles. The average Bonchev–Trinajstić information content (AvgIpc) is 3.42. The van der Waals surface area contributed by atoms with E-state index in [4.69, 9.17) is 14.2 Å². The third-order valence-corrected chi connectivity index (χ3v) is 7.64. The summed E-state index contributed by atoms with van der Waals surface area (Å²) in [5, 5.41) is 13.5. The van der Waals surface area contributed by atoms with E-state index < -0.39 is 17.7 Å². The van der Waals surface area contributed by atoms with E-state index in [0.29, 0.717) is 35.1 Å². The van der Waals surface area contributed by atoms with Crippen molar-refractivity contribution in [3.8, 4) is 17.2 Å². The molecule has 1 aromatic heterocycles. The highest BCUT2D eigenvalue weighted by molar-refractivity contribution is 7.10. The molecule has 7 nitrogen and oxygen atoms in total. The number of benzene rings is 2. The number of carbonyl (C=O) groups is 2. The summed E-state index contributed by atoms with van der Waals surface area (Å²) in [6.07, 6.45) is 0. The molecule has 200 valence electrons. The minimum absolute atomic E-state index is 0.0337. The molecule has 1 aliphatic heterocycles. The monoisotopic (exact) mass is 535 g/mol. The predicted molar refractivity (Wildman–Crippen MR) is 150 cm³/mol. The topological polar surface area (TPSA) is 85.3 Å². The first-order chi connectivity index (χ1) is 18.0. The summed E-state index contributed by atoms with van der Waals surface area (Å²) >= 11 is 1.43. The molecule has 0 spiro atoms. The first-order valence-corrected chi connectivity index (χ1v) is 13.3. The molecule has 3 aromatic rings. The lowest BCUT2D eigenvalue weighted by atomic mass is 9.84. The first kappa shape index (κ1) is 27.3. The van der Waals surface area contributed by atoms with Crippen molar-refractivity contribution in [3.05, 3.63) is 75.0 Å². The Kier molecular flexibility index (Phi) is 7.56. The second-order valence-corrected chi connectivity index (χ2v) is 11.0. The predicted octanol–water partition coefficient (Wildman–Crippen LogP) is 6.40. The molecule has 0 bridgehead atoms. The minimum atomic E-state index is -0.823. The van der Waals surface area contributed by atoms with Crippen molar-refractivity contribution in [1.29, 1.82) is 0 Å². The molecule has 2 heterocycles. The van der Waals surface area contributed by atoms with Gasteiger partial charge in [0.1, 0.15) is 29.0 Å². The molecule has 1 aliphatic rings. The fourth-order valence-electron chi connectivity index (χ4n) is 4.64. The molecule has 0 saturated carbocycles. The minimum Gasteiger partial charge on any atom is -0.507 e. The van der Waals surface area contributed by atoms with E-state index in [-0.39, 0.29) is 16.7 Å². The van der Waals surface area contributed by atoms with Crippen LogP contribution in [-0.2, 0) is 15.0 Å². The summed E-state index contributed by atoms with van der Waals surface area (Å²) in [4.78, 5) is 29.4. The number of rotatable bonds is 7. The number of ether oxygens (including phenoxy) is 3. The number of methoxy groups -OCH3 is 2. The van der Waals surface area contributed by atoms with Crippen molar-refractivity contribution in [3.63, 3.8) is 0 Å². The van der Waals surface area contributed by atoms with E-state index in [1.54, 1.807) is 30.3 Å². The molecule has 1 saturated heterocycles. The Hall–Kier alpha value is -3.78. The van der Waals surface area contributed by atoms with Crippen molar-refractivity contribution in [2.75, 3.05) is 25.7 Å². The third kappa shape index (κ3) is 4.88. The number of carbonyl (C=O) groups excluding carboxylic acids is 2. The van der Waals surface area contributed by atoms with Gasteiger partial charge < -0.3 is 19.3 Å². The van der Waals surface area contributed by atoms with E-state index in [9.17, 15) is 14.7 Å². The SMILES string of the molecule is CCOc1ccc(/C(O)=C2/C(=O)C(=O)N(c3cc(OC)cc(OC)c3)C2c2sccc2C)cc1C(C)(C)C. The lowest BCUT2D eigenvalue weighted by molar-refractivity contribution is -0.132. The normalized spacial score (nSPS) is 17.1. The molecular formula is C30H33NO6S. The molecule has 1 atom stereocenters. The van der Waals surface area contributed by atoms with Crippen LogP contribution in [-0.4, -0.2) is 37.6 Å². The van der Waals surface area contributed by atoms with Gasteiger partial charge in [-0.1, -0.05) is 20.8 Å². The second kappa shape index (κ2) is 10.5. The zero-order valence-electron chi connectivity index (χ0n) is 22.7. The van der Waals surface area contributed by atoms with Crippen LogP contribution in [0.2, 0.25) is 0 Å². The fourth-order valence-corrected chi connectivity index (χ4v) is 5.67. The van der Waals surface area contributed by atoms with E-state index >= 15 is 0 Å². The van der Waals surface area contributed by atoms with Crippen LogP contribution in [0.4, 0.5) is 5.69 Å². The van der Waals surface area contributed by atoms with E-state index in [1.807, 2.05) is 31.4 Å². The van der Waals surface area contributed by atoms with Gasteiger partial charge in [-0.3, -0.25) is 14.5 Å². The number of aryl methyl sites for hydroxylation is 1. The Bertz CT molecular complexity index is 1390. The molecule has 4 rings (SSSR count). The second-order valence-electron chi connectivity index (χ2n) is 10.1. The maximum Gasteiger partial charge on any atom is 0.300 e. The molecule has 1 N–H and O–H groups in total. The van der Waals surface area contributed by atoms with Gasteiger partial charge in [0.2, 0.25) is 0 Å². The maximum atomic E-state index is 13.6. The van der Waals surface area contributed by atoms with Gasteiger partial charge in [0.25, 0.3) is 11.7 Å². The number of amides is 1. The Labute approximate surface area is 227 Å². The third-order valence-electron chi connectivity index (χ3n) is 6.57. The van der Waals surface area contributed by atoms with Crippen molar-refractivity contribution in [2.45, 2.75) is 46.1 Å². The highest BCUT2D eigenvalue weighted by Gasteiger charge is 2.48. The molecule has 0 radical (unpaired) electrons. The van der Waals surface area contributed by atoms with E-state index in [2.05, 4.69) is 20.8 Å². The van der Waals surface area contributed by atoms with Crippen LogP contribution in [0.3, 0.4) is 0 Å². The van der Waals surface area contributed by atoms with Crippen LogP contribution >= 0.6 is 11.3 Å². The van der Waals surface area contributed by atoms with Crippen LogP contribution in [0, 0.1) is 6.92 Å². The van der Waals surface area contributed by atoms with Gasteiger partial charge in [0.05, 0.1) is 32.1 Å². The van der Waals surface area contributed by atoms with Gasteiger partial charge in [-0.15, -0.1) is 11.3 Å². The summed E-state index contributed by atoms with van der Waals surface area (Å²) in [6, 6.07) is 11.5. The summed E-state index contributed by atoms with van der Waals surface area (Å²) in [6.45, 7) is 10.5. The van der Waals surface area contributed by atoms with Gasteiger partial charge >= 0.3 is 0 Å². The van der Waals surface area contributed by atoms with Crippen molar-refractivity contribution in [1.82, 2.24) is 0 Å². The lowest BCUT2D eigenvalue weighted by Gasteiger charge is -2.26. The smallest absolute Gasteiger partial charge is 0.300 e.